The molecular formula is C20H18N2O4S2. The smallest absolute Gasteiger partial charge is 0.303 e. The molecule has 1 saturated heterocycles. The molecule has 3 rings (SSSR count). The second-order valence-corrected chi connectivity index (χ2v) is 7.89. The number of carboxylic acids is 1. The van der Waals surface area contributed by atoms with Crippen molar-refractivity contribution in [2.45, 2.75) is 19.4 Å². The first-order valence-electron chi connectivity index (χ1n) is 8.66. The zero-order chi connectivity index (χ0) is 20.1. The number of nitrogens with zero attached hydrogens (tertiary/aromatic N) is 2. The molecule has 144 valence electrons. The molecule has 1 fully saturated rings. The number of aliphatic carboxylic acids is 1. The highest BCUT2D eigenvalue weighted by atomic mass is 32.2. The average molecular weight is 415 g/mol. The molecule has 2 heterocycles. The van der Waals surface area contributed by atoms with Crippen molar-refractivity contribution in [3.05, 3.63) is 75.0 Å². The number of hydrogen-bond donors (Lipinski definition) is 1. The van der Waals surface area contributed by atoms with Crippen LogP contribution in [-0.2, 0) is 16.1 Å². The Balaban J connectivity index is 1.79. The summed E-state index contributed by atoms with van der Waals surface area (Å²) in [5.41, 5.74) is 1.22. The van der Waals surface area contributed by atoms with Gasteiger partial charge in [0.1, 0.15) is 4.32 Å². The molecule has 0 bridgehead atoms. The minimum Gasteiger partial charge on any atom is -0.481 e. The summed E-state index contributed by atoms with van der Waals surface area (Å²) in [7, 11) is 0. The normalized spacial score (nSPS) is 15.4. The first-order chi connectivity index (χ1) is 13.5. The lowest BCUT2D eigenvalue weighted by Crippen LogP contribution is -2.29. The number of carboxylic acid groups (broad SMARTS) is 1. The quantitative estimate of drug-likeness (QED) is 0.554. The summed E-state index contributed by atoms with van der Waals surface area (Å²) in [5, 5.41) is 8.74. The fraction of sp³-hybridized carbons (Fsp3) is 0.200. The number of amides is 1. The lowest BCUT2D eigenvalue weighted by atomic mass is 10.2. The monoisotopic (exact) mass is 414 g/mol. The van der Waals surface area contributed by atoms with Crippen LogP contribution in [0, 0.1) is 0 Å². The van der Waals surface area contributed by atoms with Crippen LogP contribution in [-0.4, -0.2) is 37.3 Å². The highest BCUT2D eigenvalue weighted by molar-refractivity contribution is 8.26. The Kier molecular flexibility index (Phi) is 6.43. The Hall–Kier alpha value is -2.71. The maximum Gasteiger partial charge on any atom is 0.303 e. The highest BCUT2D eigenvalue weighted by Gasteiger charge is 2.31. The van der Waals surface area contributed by atoms with Gasteiger partial charge in [0.25, 0.3) is 11.5 Å². The van der Waals surface area contributed by atoms with Gasteiger partial charge in [0.15, 0.2) is 0 Å². The fourth-order valence-corrected chi connectivity index (χ4v) is 4.09. The number of aromatic nitrogens is 1. The van der Waals surface area contributed by atoms with Crippen molar-refractivity contribution in [1.29, 1.82) is 0 Å². The molecular weight excluding hydrogens is 396 g/mol. The number of benzene rings is 1. The van der Waals surface area contributed by atoms with Crippen LogP contribution in [0.2, 0.25) is 0 Å². The zero-order valence-corrected chi connectivity index (χ0v) is 16.5. The minimum absolute atomic E-state index is 0.0288. The minimum atomic E-state index is -0.913. The zero-order valence-electron chi connectivity index (χ0n) is 14.9. The van der Waals surface area contributed by atoms with Gasteiger partial charge in [0.2, 0.25) is 0 Å². The predicted molar refractivity (Wildman–Crippen MR) is 113 cm³/mol. The van der Waals surface area contributed by atoms with Crippen molar-refractivity contribution in [3.63, 3.8) is 0 Å². The molecule has 6 nitrogen and oxygen atoms in total. The Morgan fingerprint density at radius 3 is 2.61 bits per heavy atom. The van der Waals surface area contributed by atoms with E-state index in [4.69, 9.17) is 17.3 Å². The lowest BCUT2D eigenvalue weighted by molar-refractivity contribution is -0.137. The molecule has 1 aromatic heterocycles. The largest absolute Gasteiger partial charge is 0.481 e. The number of thiocarbonyl (C=S) groups is 1. The molecule has 1 aliphatic heterocycles. The highest BCUT2D eigenvalue weighted by Crippen LogP contribution is 2.32. The van der Waals surface area contributed by atoms with E-state index in [1.54, 1.807) is 29.0 Å². The van der Waals surface area contributed by atoms with Crippen LogP contribution < -0.4 is 5.56 Å². The van der Waals surface area contributed by atoms with Crippen molar-refractivity contribution in [3.8, 4) is 0 Å². The van der Waals surface area contributed by atoms with E-state index in [9.17, 15) is 14.4 Å². The van der Waals surface area contributed by atoms with Gasteiger partial charge in [-0.1, -0.05) is 54.3 Å². The van der Waals surface area contributed by atoms with E-state index < -0.39 is 5.97 Å². The molecule has 0 atom stereocenters. The Morgan fingerprint density at radius 1 is 1.14 bits per heavy atom. The molecule has 28 heavy (non-hydrogen) atoms. The summed E-state index contributed by atoms with van der Waals surface area (Å²) >= 11 is 6.36. The first-order valence-corrected chi connectivity index (χ1v) is 9.89. The van der Waals surface area contributed by atoms with Crippen molar-refractivity contribution in [2.75, 3.05) is 6.54 Å². The van der Waals surface area contributed by atoms with Crippen molar-refractivity contribution < 1.29 is 14.7 Å². The number of carbonyl (C=O) groups is 2. The van der Waals surface area contributed by atoms with Gasteiger partial charge in [-0.15, -0.1) is 0 Å². The van der Waals surface area contributed by atoms with Gasteiger partial charge in [-0.05, 0) is 30.2 Å². The van der Waals surface area contributed by atoms with Gasteiger partial charge in [0, 0.05) is 24.7 Å². The van der Waals surface area contributed by atoms with E-state index in [0.717, 1.165) is 17.3 Å². The predicted octanol–water partition coefficient (Wildman–Crippen LogP) is 2.96. The lowest BCUT2D eigenvalue weighted by Gasteiger charge is -2.13. The van der Waals surface area contributed by atoms with Gasteiger partial charge in [-0.25, -0.2) is 0 Å². The maximum absolute atomic E-state index is 12.8. The Labute approximate surface area is 171 Å². The molecule has 0 saturated carbocycles. The Morgan fingerprint density at radius 2 is 1.89 bits per heavy atom. The summed E-state index contributed by atoms with van der Waals surface area (Å²) in [4.78, 5) is 37.8. The molecule has 0 unspecified atom stereocenters. The SMILES string of the molecule is O=C(O)CCCN1C(=O)/C(=C/c2cccn(Cc3ccccc3)c2=O)SC1=S. The van der Waals surface area contributed by atoms with Crippen LogP contribution in [0.1, 0.15) is 24.0 Å². The third kappa shape index (κ3) is 4.76. The average Bonchev–Trinajstić information content (AvgIpc) is 2.93. The molecule has 8 heteroatoms. The van der Waals surface area contributed by atoms with E-state index >= 15 is 0 Å². The number of thioether (sulfide) groups is 1. The van der Waals surface area contributed by atoms with Crippen molar-refractivity contribution >= 4 is 46.3 Å². The molecule has 0 radical (unpaired) electrons. The van der Waals surface area contributed by atoms with E-state index in [0.29, 0.717) is 27.8 Å². The third-order valence-corrected chi connectivity index (χ3v) is 5.56. The molecule has 1 N–H and O–H groups in total. The molecule has 0 aliphatic carbocycles. The molecule has 0 spiro atoms. The van der Waals surface area contributed by atoms with E-state index in [-0.39, 0.29) is 24.4 Å². The van der Waals surface area contributed by atoms with Crippen LogP contribution in [0.3, 0.4) is 0 Å². The van der Waals surface area contributed by atoms with Gasteiger partial charge >= 0.3 is 5.97 Å². The number of carbonyl (C=O) groups excluding carboxylic acids is 1. The number of pyridine rings is 1. The number of rotatable bonds is 7. The van der Waals surface area contributed by atoms with Crippen LogP contribution in [0.4, 0.5) is 0 Å². The summed E-state index contributed by atoms with van der Waals surface area (Å²) < 4.78 is 1.97. The maximum atomic E-state index is 12.8. The second-order valence-electron chi connectivity index (χ2n) is 6.21. The molecule has 1 aromatic carbocycles. The third-order valence-electron chi connectivity index (χ3n) is 4.18. The fourth-order valence-electron chi connectivity index (χ4n) is 2.79. The summed E-state index contributed by atoms with van der Waals surface area (Å²) in [6, 6.07) is 13.1. The van der Waals surface area contributed by atoms with Gasteiger partial charge in [-0.3, -0.25) is 19.3 Å². The standard InChI is InChI=1S/C20H18N2O4S2/c23-17(24)9-5-11-22-19(26)16(28-20(22)27)12-15-8-4-10-21(18(15)25)13-14-6-2-1-3-7-14/h1-4,6-8,10,12H,5,9,11,13H2,(H,23,24)/b16-12-. The van der Waals surface area contributed by atoms with Crippen molar-refractivity contribution in [1.82, 2.24) is 9.47 Å². The van der Waals surface area contributed by atoms with E-state index in [1.165, 1.54) is 4.90 Å². The van der Waals surface area contributed by atoms with Gasteiger partial charge in [-0.2, -0.15) is 0 Å². The molecule has 2 aromatic rings. The number of hydrogen-bond acceptors (Lipinski definition) is 5. The van der Waals surface area contributed by atoms with Crippen LogP contribution in [0.25, 0.3) is 6.08 Å². The summed E-state index contributed by atoms with van der Waals surface area (Å²) in [6.07, 6.45) is 3.56. The van der Waals surface area contributed by atoms with Crippen LogP contribution in [0.15, 0.2) is 58.4 Å². The topological polar surface area (TPSA) is 79.6 Å². The van der Waals surface area contributed by atoms with Crippen LogP contribution >= 0.6 is 24.0 Å². The van der Waals surface area contributed by atoms with Gasteiger partial charge < -0.3 is 9.67 Å². The Bertz CT molecular complexity index is 999. The van der Waals surface area contributed by atoms with E-state index in [1.807, 2.05) is 30.3 Å². The molecule has 1 amide bonds. The van der Waals surface area contributed by atoms with Crippen LogP contribution in [0.5, 0.6) is 0 Å². The summed E-state index contributed by atoms with van der Waals surface area (Å²) in [5.74, 6) is -1.21. The second kappa shape index (κ2) is 8.99. The first kappa shape index (κ1) is 20.0. The van der Waals surface area contributed by atoms with Crippen molar-refractivity contribution in [2.24, 2.45) is 0 Å². The van der Waals surface area contributed by atoms with Gasteiger partial charge in [0.05, 0.1) is 11.4 Å². The van der Waals surface area contributed by atoms with E-state index in [2.05, 4.69) is 0 Å². The summed E-state index contributed by atoms with van der Waals surface area (Å²) in [6.45, 7) is 0.693. The molecule has 1 aliphatic rings.